The molecule has 1 aliphatic heterocycles. The number of hydrogen-bond donors (Lipinski definition) is 0. The second-order valence-electron chi connectivity index (χ2n) is 4.47. The van der Waals surface area contributed by atoms with Gasteiger partial charge >= 0.3 is 12.1 Å². The molecule has 0 spiro atoms. The molecule has 0 N–H and O–H groups in total. The maximum atomic E-state index is 12.6. The number of aromatic nitrogens is 1. The van der Waals surface area contributed by atoms with Crippen molar-refractivity contribution in [1.29, 1.82) is 0 Å². The number of rotatable bonds is 4. The number of ether oxygens (including phenoxy) is 1. The molecule has 1 aromatic rings. The molecule has 0 aromatic carbocycles. The maximum Gasteiger partial charge on any atom is 0.393 e. The molecule has 0 bridgehead atoms. The third kappa shape index (κ3) is 3.62. The van der Waals surface area contributed by atoms with E-state index in [0.29, 0.717) is 5.13 Å². The number of nitrogens with zero attached hydrogens (tertiary/aromatic N) is 2. The summed E-state index contributed by atoms with van der Waals surface area (Å²) < 4.78 is 42.5. The molecule has 1 aromatic heterocycles. The molecule has 1 saturated heterocycles. The van der Waals surface area contributed by atoms with Gasteiger partial charge in [0.2, 0.25) is 0 Å². The molecule has 8 heteroatoms. The first-order chi connectivity index (χ1) is 9.40. The first-order valence-corrected chi connectivity index (χ1v) is 7.21. The number of carbonyl (C=O) groups excluding carboxylic acids is 1. The number of carbonyl (C=O) groups is 1. The Kier molecular flexibility index (Phi) is 4.52. The fraction of sp³-hybridized carbons (Fsp3) is 0.667. The summed E-state index contributed by atoms with van der Waals surface area (Å²) in [4.78, 5) is 17.6. The van der Waals surface area contributed by atoms with Gasteiger partial charge in [0.05, 0.1) is 17.9 Å². The number of halogens is 3. The number of anilines is 1. The fourth-order valence-corrected chi connectivity index (χ4v) is 3.17. The summed E-state index contributed by atoms with van der Waals surface area (Å²) in [7, 11) is 0. The van der Waals surface area contributed by atoms with E-state index in [0.717, 1.165) is 37.3 Å². The molecular weight excluding hydrogens is 293 g/mol. The zero-order valence-electron chi connectivity index (χ0n) is 11.0. The third-order valence-electron chi connectivity index (χ3n) is 2.89. The van der Waals surface area contributed by atoms with E-state index in [-0.39, 0.29) is 17.2 Å². The van der Waals surface area contributed by atoms with Gasteiger partial charge in [0.1, 0.15) is 0 Å². The SMILES string of the molecule is CCOC(=O)c1nc(N2CCCC2)sc1CC(F)(F)F. The van der Waals surface area contributed by atoms with Crippen LogP contribution in [0.25, 0.3) is 0 Å². The normalized spacial score (nSPS) is 15.7. The van der Waals surface area contributed by atoms with Gasteiger partial charge in [-0.2, -0.15) is 13.2 Å². The summed E-state index contributed by atoms with van der Waals surface area (Å²) in [5.74, 6) is -0.784. The lowest BCUT2D eigenvalue weighted by Crippen LogP contribution is -2.17. The van der Waals surface area contributed by atoms with Crippen molar-refractivity contribution >= 4 is 22.4 Å². The van der Waals surface area contributed by atoms with Gasteiger partial charge in [-0.05, 0) is 19.8 Å². The maximum absolute atomic E-state index is 12.6. The van der Waals surface area contributed by atoms with Crippen LogP contribution in [0.4, 0.5) is 18.3 Å². The van der Waals surface area contributed by atoms with Gasteiger partial charge in [-0.25, -0.2) is 9.78 Å². The van der Waals surface area contributed by atoms with Crippen LogP contribution in [0.15, 0.2) is 0 Å². The van der Waals surface area contributed by atoms with Crippen LogP contribution in [0.5, 0.6) is 0 Å². The smallest absolute Gasteiger partial charge is 0.393 e. The van der Waals surface area contributed by atoms with Crippen molar-refractivity contribution in [2.24, 2.45) is 0 Å². The minimum absolute atomic E-state index is 0.0714. The molecule has 0 saturated carbocycles. The van der Waals surface area contributed by atoms with E-state index in [4.69, 9.17) is 4.74 Å². The number of thiazole rings is 1. The van der Waals surface area contributed by atoms with Crippen molar-refractivity contribution in [3.63, 3.8) is 0 Å². The Bertz CT molecular complexity index is 482. The molecule has 0 atom stereocenters. The number of esters is 1. The van der Waals surface area contributed by atoms with Gasteiger partial charge in [0.25, 0.3) is 0 Å². The lowest BCUT2D eigenvalue weighted by atomic mass is 10.3. The molecule has 1 aliphatic rings. The molecule has 2 rings (SSSR count). The Balaban J connectivity index is 2.28. The Morgan fingerprint density at radius 3 is 2.60 bits per heavy atom. The predicted octanol–water partition coefficient (Wildman–Crippen LogP) is 3.02. The quantitative estimate of drug-likeness (QED) is 0.802. The van der Waals surface area contributed by atoms with E-state index < -0.39 is 18.6 Å². The average Bonchev–Trinajstić information content (AvgIpc) is 2.95. The van der Waals surface area contributed by atoms with Crippen LogP contribution in [-0.2, 0) is 11.2 Å². The zero-order chi connectivity index (χ0) is 14.8. The van der Waals surface area contributed by atoms with Crippen molar-refractivity contribution in [1.82, 2.24) is 4.98 Å². The predicted molar refractivity (Wildman–Crippen MR) is 69.3 cm³/mol. The van der Waals surface area contributed by atoms with E-state index in [9.17, 15) is 18.0 Å². The van der Waals surface area contributed by atoms with Crippen LogP contribution < -0.4 is 4.90 Å². The van der Waals surface area contributed by atoms with Crippen molar-refractivity contribution in [3.05, 3.63) is 10.6 Å². The van der Waals surface area contributed by atoms with Gasteiger partial charge in [-0.3, -0.25) is 0 Å². The molecule has 0 aliphatic carbocycles. The van der Waals surface area contributed by atoms with Gasteiger partial charge < -0.3 is 9.64 Å². The second-order valence-corrected chi connectivity index (χ2v) is 5.54. The van der Waals surface area contributed by atoms with E-state index in [2.05, 4.69) is 4.98 Å². The largest absolute Gasteiger partial charge is 0.461 e. The van der Waals surface area contributed by atoms with Crippen LogP contribution in [-0.4, -0.2) is 36.8 Å². The standard InChI is InChI=1S/C12H15F3N2O2S/c1-2-19-10(18)9-8(7-12(13,14)15)20-11(16-9)17-5-3-4-6-17/h2-7H2,1H3. The van der Waals surface area contributed by atoms with E-state index >= 15 is 0 Å². The fourth-order valence-electron chi connectivity index (χ4n) is 2.04. The van der Waals surface area contributed by atoms with Crippen LogP contribution in [0, 0.1) is 0 Å². The Morgan fingerprint density at radius 1 is 1.40 bits per heavy atom. The van der Waals surface area contributed by atoms with Crippen LogP contribution in [0.2, 0.25) is 0 Å². The Morgan fingerprint density at radius 2 is 2.05 bits per heavy atom. The number of alkyl halides is 3. The van der Waals surface area contributed by atoms with Gasteiger partial charge in [0, 0.05) is 13.1 Å². The van der Waals surface area contributed by atoms with Crippen molar-refractivity contribution in [2.45, 2.75) is 32.4 Å². The summed E-state index contributed by atoms with van der Waals surface area (Å²) in [5, 5.41) is 0.477. The summed E-state index contributed by atoms with van der Waals surface area (Å²) in [5.41, 5.74) is -0.198. The molecule has 2 heterocycles. The molecule has 4 nitrogen and oxygen atoms in total. The van der Waals surface area contributed by atoms with E-state index in [1.807, 2.05) is 4.90 Å². The van der Waals surface area contributed by atoms with Gasteiger partial charge in [0.15, 0.2) is 10.8 Å². The molecule has 1 fully saturated rings. The summed E-state index contributed by atoms with van der Waals surface area (Å²) in [6.45, 7) is 3.25. The first-order valence-electron chi connectivity index (χ1n) is 6.39. The second kappa shape index (κ2) is 5.99. The highest BCUT2D eigenvalue weighted by atomic mass is 32.1. The van der Waals surface area contributed by atoms with Crippen LogP contribution in [0.3, 0.4) is 0 Å². The summed E-state index contributed by atoms with van der Waals surface area (Å²) in [6, 6.07) is 0. The zero-order valence-corrected chi connectivity index (χ0v) is 11.8. The molecule has 112 valence electrons. The van der Waals surface area contributed by atoms with E-state index in [1.54, 1.807) is 6.92 Å². The lowest BCUT2D eigenvalue weighted by Gasteiger charge is -2.12. The van der Waals surface area contributed by atoms with Crippen LogP contribution in [0.1, 0.15) is 35.1 Å². The minimum Gasteiger partial charge on any atom is -0.461 e. The van der Waals surface area contributed by atoms with Crippen molar-refractivity contribution < 1.29 is 22.7 Å². The van der Waals surface area contributed by atoms with Crippen molar-refractivity contribution in [2.75, 3.05) is 24.6 Å². The Hall–Kier alpha value is -1.31. The van der Waals surface area contributed by atoms with E-state index in [1.165, 1.54) is 0 Å². The highest BCUT2D eigenvalue weighted by molar-refractivity contribution is 7.15. The van der Waals surface area contributed by atoms with Gasteiger partial charge in [-0.15, -0.1) is 11.3 Å². The summed E-state index contributed by atoms with van der Waals surface area (Å²) >= 11 is 0.932. The molecule has 0 radical (unpaired) electrons. The highest BCUT2D eigenvalue weighted by Gasteiger charge is 2.33. The minimum atomic E-state index is -4.37. The number of hydrogen-bond acceptors (Lipinski definition) is 5. The monoisotopic (exact) mass is 308 g/mol. The molecule has 0 unspecified atom stereocenters. The van der Waals surface area contributed by atoms with Crippen LogP contribution >= 0.6 is 11.3 Å². The van der Waals surface area contributed by atoms with Gasteiger partial charge in [-0.1, -0.05) is 0 Å². The third-order valence-corrected chi connectivity index (χ3v) is 4.01. The topological polar surface area (TPSA) is 42.4 Å². The molecule has 20 heavy (non-hydrogen) atoms. The first kappa shape index (κ1) is 15.1. The molecule has 0 amide bonds. The average molecular weight is 308 g/mol. The Labute approximate surface area is 118 Å². The molecular formula is C12H15F3N2O2S. The summed E-state index contributed by atoms with van der Waals surface area (Å²) in [6.07, 6.45) is -3.53. The highest BCUT2D eigenvalue weighted by Crippen LogP contribution is 2.33. The lowest BCUT2D eigenvalue weighted by molar-refractivity contribution is -0.126. The van der Waals surface area contributed by atoms with Crippen molar-refractivity contribution in [3.8, 4) is 0 Å².